The summed E-state index contributed by atoms with van der Waals surface area (Å²) in [6.45, 7) is 0. The Morgan fingerprint density at radius 3 is 3.10 bits per heavy atom. The molecule has 0 aromatic carbocycles. The second-order valence-corrected chi connectivity index (χ2v) is 2.89. The lowest BCUT2D eigenvalue weighted by molar-refractivity contribution is -0.518. The van der Waals surface area contributed by atoms with Crippen LogP contribution in [0.4, 0.5) is 0 Å². The average molecular weight is 152 g/mol. The Balaban J connectivity index is 2.93. The van der Waals surface area contributed by atoms with Crippen LogP contribution in [0, 0.1) is 0 Å². The predicted octanol–water partition coefficient (Wildman–Crippen LogP) is 1.19. The number of hydrogen-bond donors (Lipinski definition) is 1. The van der Waals surface area contributed by atoms with E-state index in [-0.39, 0.29) is 0 Å². The van der Waals surface area contributed by atoms with E-state index in [1.54, 1.807) is 9.78 Å². The van der Waals surface area contributed by atoms with Gasteiger partial charge in [0.2, 0.25) is 0 Å². The Morgan fingerprint density at radius 1 is 1.40 bits per heavy atom. The summed E-state index contributed by atoms with van der Waals surface area (Å²) in [5.41, 5.74) is 0. The first kappa shape index (κ1) is 5.68. The van der Waals surface area contributed by atoms with Crippen molar-refractivity contribution in [3.05, 3.63) is 29.8 Å². The minimum atomic E-state index is 0.306. The fourth-order valence-corrected chi connectivity index (χ4v) is 1.65. The average Bonchev–Trinajstić information content (AvgIpc) is 2.34. The van der Waals surface area contributed by atoms with Gasteiger partial charge in [-0.3, -0.25) is 0 Å². The van der Waals surface area contributed by atoms with E-state index in [4.69, 9.17) is 0 Å². The number of thiazole rings is 1. The summed E-state index contributed by atoms with van der Waals surface area (Å²) < 4.78 is 1.74. The summed E-state index contributed by atoms with van der Waals surface area (Å²) in [4.78, 5) is 1.06. The van der Waals surface area contributed by atoms with Crippen LogP contribution >= 0.6 is 11.3 Å². The van der Waals surface area contributed by atoms with Crippen LogP contribution in [0.25, 0.3) is 4.83 Å². The van der Waals surface area contributed by atoms with E-state index in [0.717, 1.165) is 4.83 Å². The van der Waals surface area contributed by atoms with Crippen molar-refractivity contribution in [1.29, 1.82) is 0 Å². The number of hydrogen-bond acceptors (Lipinski definition) is 2. The van der Waals surface area contributed by atoms with Crippen molar-refractivity contribution in [2.45, 2.75) is 0 Å². The standard InChI is InChI=1S/C7H5NOS/c9-6-5-10-7-3-1-2-4-8(6)7/h1-5H/p+1. The van der Waals surface area contributed by atoms with Crippen molar-refractivity contribution >= 4 is 16.2 Å². The molecule has 0 aliphatic heterocycles. The van der Waals surface area contributed by atoms with Crippen LogP contribution in [-0.2, 0) is 0 Å². The highest BCUT2D eigenvalue weighted by atomic mass is 32.1. The third-order valence-electron chi connectivity index (χ3n) is 1.35. The minimum Gasteiger partial charge on any atom is -0.459 e. The fourth-order valence-electron chi connectivity index (χ4n) is 0.883. The molecule has 10 heavy (non-hydrogen) atoms. The van der Waals surface area contributed by atoms with Gasteiger partial charge in [0, 0.05) is 12.1 Å². The molecular formula is C7H6NOS+. The summed E-state index contributed by atoms with van der Waals surface area (Å²) in [6.07, 6.45) is 1.83. The Kier molecular flexibility index (Phi) is 1.11. The van der Waals surface area contributed by atoms with Gasteiger partial charge in [-0.25, -0.2) is 0 Å². The predicted molar refractivity (Wildman–Crippen MR) is 39.1 cm³/mol. The molecule has 2 aromatic rings. The van der Waals surface area contributed by atoms with Crippen LogP contribution in [0.1, 0.15) is 0 Å². The highest BCUT2D eigenvalue weighted by Gasteiger charge is 2.08. The molecule has 0 aliphatic rings. The molecule has 0 fully saturated rings. The molecule has 0 saturated heterocycles. The molecule has 0 aliphatic carbocycles. The highest BCUT2D eigenvalue weighted by molar-refractivity contribution is 7.15. The number of aromatic hydroxyl groups is 1. The van der Waals surface area contributed by atoms with Crippen LogP contribution in [-0.4, -0.2) is 5.11 Å². The molecule has 2 nitrogen and oxygen atoms in total. The SMILES string of the molecule is Oc1csc2cccc[n+]12. The zero-order valence-corrected chi connectivity index (χ0v) is 6.01. The maximum atomic E-state index is 9.18. The van der Waals surface area contributed by atoms with Crippen molar-refractivity contribution in [3.63, 3.8) is 0 Å². The Hall–Kier alpha value is -1.09. The van der Waals surface area contributed by atoms with Crippen molar-refractivity contribution in [2.75, 3.05) is 0 Å². The first-order valence-electron chi connectivity index (χ1n) is 2.95. The quantitative estimate of drug-likeness (QED) is 0.563. The van der Waals surface area contributed by atoms with Gasteiger partial charge in [-0.1, -0.05) is 11.3 Å². The zero-order valence-electron chi connectivity index (χ0n) is 5.19. The molecular weight excluding hydrogens is 146 g/mol. The summed E-state index contributed by atoms with van der Waals surface area (Å²) in [5.74, 6) is 0.306. The molecule has 0 amide bonds. The number of pyridine rings is 1. The lowest BCUT2D eigenvalue weighted by Gasteiger charge is -1.78. The number of rotatable bonds is 0. The Labute approximate surface area is 62.0 Å². The Bertz CT molecular complexity index is 355. The largest absolute Gasteiger partial charge is 0.459 e. The van der Waals surface area contributed by atoms with Crippen molar-refractivity contribution in [2.24, 2.45) is 0 Å². The van der Waals surface area contributed by atoms with Gasteiger partial charge >= 0.3 is 5.88 Å². The number of nitrogens with zero attached hydrogens (tertiary/aromatic N) is 1. The van der Waals surface area contributed by atoms with E-state index in [1.807, 2.05) is 24.4 Å². The normalized spacial score (nSPS) is 10.4. The molecule has 1 N–H and O–H groups in total. The van der Waals surface area contributed by atoms with Crippen LogP contribution in [0.3, 0.4) is 0 Å². The molecule has 0 unspecified atom stereocenters. The zero-order chi connectivity index (χ0) is 6.97. The molecule has 50 valence electrons. The van der Waals surface area contributed by atoms with Gasteiger partial charge in [0.15, 0.2) is 6.20 Å². The molecule has 0 spiro atoms. The van der Waals surface area contributed by atoms with Gasteiger partial charge in [0.25, 0.3) is 4.83 Å². The molecule has 0 saturated carbocycles. The number of aromatic nitrogens is 1. The maximum absolute atomic E-state index is 9.18. The maximum Gasteiger partial charge on any atom is 0.382 e. The number of fused-ring (bicyclic) bond motifs is 1. The fraction of sp³-hybridized carbons (Fsp3) is 0. The first-order valence-corrected chi connectivity index (χ1v) is 3.83. The van der Waals surface area contributed by atoms with Crippen LogP contribution in [0.2, 0.25) is 0 Å². The van der Waals surface area contributed by atoms with Gasteiger partial charge in [-0.15, -0.1) is 4.40 Å². The monoisotopic (exact) mass is 152 g/mol. The van der Waals surface area contributed by atoms with Crippen LogP contribution in [0.5, 0.6) is 5.88 Å². The van der Waals surface area contributed by atoms with Gasteiger partial charge in [0.1, 0.15) is 5.38 Å². The molecule has 2 rings (SSSR count). The van der Waals surface area contributed by atoms with E-state index in [9.17, 15) is 5.11 Å². The van der Waals surface area contributed by atoms with Crippen molar-refractivity contribution in [1.82, 2.24) is 0 Å². The van der Waals surface area contributed by atoms with Crippen LogP contribution < -0.4 is 4.40 Å². The molecule has 0 radical (unpaired) electrons. The lowest BCUT2D eigenvalue weighted by Crippen LogP contribution is -2.16. The van der Waals surface area contributed by atoms with Gasteiger partial charge in [-0.2, -0.15) is 0 Å². The minimum absolute atomic E-state index is 0.306. The van der Waals surface area contributed by atoms with Crippen molar-refractivity contribution < 1.29 is 9.51 Å². The van der Waals surface area contributed by atoms with Crippen LogP contribution in [0.15, 0.2) is 29.8 Å². The third-order valence-corrected chi connectivity index (χ3v) is 2.26. The summed E-state index contributed by atoms with van der Waals surface area (Å²) >= 11 is 1.53. The topological polar surface area (TPSA) is 24.3 Å². The molecule has 2 aromatic heterocycles. The summed E-state index contributed by atoms with van der Waals surface area (Å²) in [6, 6.07) is 5.80. The molecule has 2 heterocycles. The highest BCUT2D eigenvalue weighted by Crippen LogP contribution is 2.12. The van der Waals surface area contributed by atoms with Gasteiger partial charge < -0.3 is 5.11 Å². The van der Waals surface area contributed by atoms with E-state index < -0.39 is 0 Å². The molecule has 0 atom stereocenters. The van der Waals surface area contributed by atoms with E-state index >= 15 is 0 Å². The van der Waals surface area contributed by atoms with E-state index in [1.165, 1.54) is 11.3 Å². The lowest BCUT2D eigenvalue weighted by atomic mass is 10.5. The second kappa shape index (κ2) is 1.95. The molecule has 0 bridgehead atoms. The molecule has 3 heteroatoms. The third kappa shape index (κ3) is 0.675. The Morgan fingerprint density at radius 2 is 2.30 bits per heavy atom. The van der Waals surface area contributed by atoms with Gasteiger partial charge in [-0.05, 0) is 6.07 Å². The smallest absolute Gasteiger partial charge is 0.382 e. The second-order valence-electron chi connectivity index (χ2n) is 2.00. The van der Waals surface area contributed by atoms with Gasteiger partial charge in [0.05, 0.1) is 0 Å². The summed E-state index contributed by atoms with van der Waals surface area (Å²) in [5, 5.41) is 10.9. The first-order chi connectivity index (χ1) is 4.88. The van der Waals surface area contributed by atoms with Crippen molar-refractivity contribution in [3.8, 4) is 5.88 Å². The van der Waals surface area contributed by atoms with E-state index in [2.05, 4.69) is 0 Å². The van der Waals surface area contributed by atoms with E-state index in [0.29, 0.717) is 5.88 Å². The summed E-state index contributed by atoms with van der Waals surface area (Å²) in [7, 11) is 0.